The molecule has 1 aliphatic heterocycles. The highest BCUT2D eigenvalue weighted by atomic mass is 35.5. The molecule has 0 spiro atoms. The van der Waals surface area contributed by atoms with Crippen LogP contribution in [-0.4, -0.2) is 37.6 Å². The summed E-state index contributed by atoms with van der Waals surface area (Å²) in [6.45, 7) is 17.0. The fourth-order valence-corrected chi connectivity index (χ4v) is 3.99. The quantitative estimate of drug-likeness (QED) is 0.373. The third-order valence-corrected chi connectivity index (χ3v) is 6.72. The van der Waals surface area contributed by atoms with E-state index in [0.717, 1.165) is 61.7 Å². The van der Waals surface area contributed by atoms with Gasteiger partial charge < -0.3 is 15.1 Å². The van der Waals surface area contributed by atoms with E-state index in [-0.39, 0.29) is 0 Å². The molecule has 0 bridgehead atoms. The minimum Gasteiger partial charge on any atom is -0.383 e. The van der Waals surface area contributed by atoms with E-state index in [1.807, 2.05) is 36.4 Å². The van der Waals surface area contributed by atoms with Gasteiger partial charge in [0.15, 0.2) is 0 Å². The lowest BCUT2D eigenvalue weighted by molar-refractivity contribution is 0.315. The van der Waals surface area contributed by atoms with Gasteiger partial charge in [-0.25, -0.2) is 0 Å². The topological polar surface area (TPSA) is 18.5 Å². The van der Waals surface area contributed by atoms with Crippen LogP contribution in [0, 0.1) is 0 Å². The monoisotopic (exact) mass is 527 g/mol. The second-order valence-corrected chi connectivity index (χ2v) is 9.68. The SMILES string of the molecule is C=C(CCc1ccc(Cl)c(Cl)c1)NCC(=C)N1CCN(c2ccc(Cl)c(Cl)c2)CC1.CCC. The summed E-state index contributed by atoms with van der Waals surface area (Å²) in [7, 11) is 0. The maximum absolute atomic E-state index is 6.15. The molecule has 2 aromatic carbocycles. The summed E-state index contributed by atoms with van der Waals surface area (Å²) < 4.78 is 0. The molecule has 7 heteroatoms. The van der Waals surface area contributed by atoms with Crippen LogP contribution in [0.1, 0.15) is 32.3 Å². The Bertz CT molecular complexity index is 937. The third kappa shape index (κ3) is 8.98. The first-order chi connectivity index (χ1) is 15.7. The summed E-state index contributed by atoms with van der Waals surface area (Å²) in [5.41, 5.74) is 4.30. The zero-order chi connectivity index (χ0) is 24.4. The zero-order valence-corrected chi connectivity index (χ0v) is 22.5. The van der Waals surface area contributed by atoms with E-state index in [0.29, 0.717) is 26.6 Å². The van der Waals surface area contributed by atoms with E-state index in [4.69, 9.17) is 46.4 Å². The van der Waals surface area contributed by atoms with Gasteiger partial charge in [-0.1, -0.05) is 85.9 Å². The maximum atomic E-state index is 6.15. The van der Waals surface area contributed by atoms with Crippen LogP contribution in [0.4, 0.5) is 5.69 Å². The molecule has 3 nitrogen and oxygen atoms in total. The molecule has 0 aromatic heterocycles. The molecule has 1 N–H and O–H groups in total. The van der Waals surface area contributed by atoms with Crippen molar-refractivity contribution in [3.63, 3.8) is 0 Å². The van der Waals surface area contributed by atoms with Crippen molar-refractivity contribution >= 4 is 52.1 Å². The van der Waals surface area contributed by atoms with E-state index in [1.165, 1.54) is 6.42 Å². The van der Waals surface area contributed by atoms with Gasteiger partial charge in [0.05, 0.1) is 26.6 Å². The average Bonchev–Trinajstić information content (AvgIpc) is 2.80. The van der Waals surface area contributed by atoms with E-state index in [2.05, 4.69) is 42.1 Å². The molecular weight excluding hydrogens is 496 g/mol. The summed E-state index contributed by atoms with van der Waals surface area (Å²) in [4.78, 5) is 4.63. The summed E-state index contributed by atoms with van der Waals surface area (Å²) in [5.74, 6) is 0. The number of hydrogen-bond acceptors (Lipinski definition) is 3. The van der Waals surface area contributed by atoms with E-state index in [1.54, 1.807) is 0 Å². The Hall–Kier alpha value is -1.52. The van der Waals surface area contributed by atoms with Gasteiger partial charge in [0.2, 0.25) is 0 Å². The van der Waals surface area contributed by atoms with Crippen LogP contribution in [0.25, 0.3) is 0 Å². The Labute approximate surface area is 219 Å². The molecule has 0 amide bonds. The van der Waals surface area contributed by atoms with Gasteiger partial charge in [0.1, 0.15) is 0 Å². The van der Waals surface area contributed by atoms with Crippen LogP contribution in [0.3, 0.4) is 0 Å². The first-order valence-electron chi connectivity index (χ1n) is 11.2. The number of halogens is 4. The van der Waals surface area contributed by atoms with Crippen molar-refractivity contribution in [3.05, 3.63) is 86.6 Å². The van der Waals surface area contributed by atoms with Crippen LogP contribution in [0.2, 0.25) is 20.1 Å². The summed E-state index contributed by atoms with van der Waals surface area (Å²) in [6, 6.07) is 11.5. The standard InChI is InChI=1S/C23H25Cl4N3.C3H8/c1-16(3-4-18-5-7-20(24)22(26)13-18)28-15-17(2)29-9-11-30(12-10-29)19-6-8-21(25)23(27)14-19;1-3-2/h5-8,13-14,28H,1-4,9-12,15H2;3H2,1-2H3. The number of rotatable bonds is 8. The van der Waals surface area contributed by atoms with Gasteiger partial charge >= 0.3 is 0 Å². The fraction of sp³-hybridized carbons (Fsp3) is 0.385. The number of piperazine rings is 1. The van der Waals surface area contributed by atoms with Crippen LogP contribution in [0.5, 0.6) is 0 Å². The minimum absolute atomic E-state index is 0.577. The smallest absolute Gasteiger partial charge is 0.0612 e. The first kappa shape index (κ1) is 27.7. The number of anilines is 1. The number of aryl methyl sites for hydroxylation is 1. The Morgan fingerprint density at radius 1 is 0.848 bits per heavy atom. The van der Waals surface area contributed by atoms with Crippen molar-refractivity contribution in [2.24, 2.45) is 0 Å². The first-order valence-corrected chi connectivity index (χ1v) is 12.7. The molecule has 0 radical (unpaired) electrons. The van der Waals surface area contributed by atoms with Crippen LogP contribution in [-0.2, 0) is 6.42 Å². The molecule has 1 aliphatic rings. The van der Waals surface area contributed by atoms with E-state index >= 15 is 0 Å². The molecule has 0 atom stereocenters. The molecule has 1 fully saturated rings. The lowest BCUT2D eigenvalue weighted by Crippen LogP contribution is -2.46. The van der Waals surface area contributed by atoms with Crippen molar-refractivity contribution in [2.75, 3.05) is 37.6 Å². The Morgan fingerprint density at radius 2 is 1.42 bits per heavy atom. The predicted molar refractivity (Wildman–Crippen MR) is 147 cm³/mol. The highest BCUT2D eigenvalue weighted by Crippen LogP contribution is 2.28. The molecule has 0 aliphatic carbocycles. The number of hydrogen-bond donors (Lipinski definition) is 1. The Kier molecular flexibility index (Phi) is 11.8. The molecule has 33 heavy (non-hydrogen) atoms. The number of nitrogens with one attached hydrogen (secondary N) is 1. The van der Waals surface area contributed by atoms with Crippen molar-refractivity contribution in [2.45, 2.75) is 33.1 Å². The van der Waals surface area contributed by atoms with Gasteiger partial charge in [0.25, 0.3) is 0 Å². The van der Waals surface area contributed by atoms with Crippen LogP contribution >= 0.6 is 46.4 Å². The van der Waals surface area contributed by atoms with Gasteiger partial charge in [-0.15, -0.1) is 0 Å². The number of nitrogens with zero attached hydrogens (tertiary/aromatic N) is 2. The molecule has 2 aromatic rings. The van der Waals surface area contributed by atoms with Crippen LogP contribution < -0.4 is 10.2 Å². The summed E-state index contributed by atoms with van der Waals surface area (Å²) in [5, 5.41) is 5.72. The molecule has 1 heterocycles. The van der Waals surface area contributed by atoms with Crippen molar-refractivity contribution in [1.29, 1.82) is 0 Å². The largest absolute Gasteiger partial charge is 0.383 e. The summed E-state index contributed by atoms with van der Waals surface area (Å²) in [6.07, 6.45) is 2.94. The normalized spacial score (nSPS) is 13.3. The number of benzene rings is 2. The van der Waals surface area contributed by atoms with Gasteiger partial charge in [-0.3, -0.25) is 0 Å². The van der Waals surface area contributed by atoms with Crippen molar-refractivity contribution in [3.8, 4) is 0 Å². The Balaban J connectivity index is 0.00000122. The lowest BCUT2D eigenvalue weighted by atomic mass is 10.1. The molecule has 3 rings (SSSR count). The molecule has 1 saturated heterocycles. The second kappa shape index (κ2) is 14.0. The lowest BCUT2D eigenvalue weighted by Gasteiger charge is -2.38. The minimum atomic E-state index is 0.577. The predicted octanol–water partition coefficient (Wildman–Crippen LogP) is 8.09. The van der Waals surface area contributed by atoms with E-state index < -0.39 is 0 Å². The van der Waals surface area contributed by atoms with Crippen molar-refractivity contribution in [1.82, 2.24) is 10.2 Å². The average molecular weight is 529 g/mol. The molecule has 0 saturated carbocycles. The number of allylic oxidation sites excluding steroid dienone is 1. The highest BCUT2D eigenvalue weighted by Gasteiger charge is 2.18. The van der Waals surface area contributed by atoms with Crippen LogP contribution in [0.15, 0.2) is 61.0 Å². The zero-order valence-electron chi connectivity index (χ0n) is 19.4. The van der Waals surface area contributed by atoms with Gasteiger partial charge in [-0.2, -0.15) is 0 Å². The second-order valence-electron chi connectivity index (χ2n) is 8.05. The molecular formula is C26H33Cl4N3. The van der Waals surface area contributed by atoms with E-state index in [9.17, 15) is 0 Å². The maximum Gasteiger partial charge on any atom is 0.0612 e. The molecule has 0 unspecified atom stereocenters. The van der Waals surface area contributed by atoms with Crippen molar-refractivity contribution < 1.29 is 0 Å². The highest BCUT2D eigenvalue weighted by molar-refractivity contribution is 6.42. The van der Waals surface area contributed by atoms with Gasteiger partial charge in [-0.05, 0) is 48.7 Å². The fourth-order valence-electron chi connectivity index (χ4n) is 3.38. The molecule has 180 valence electrons. The third-order valence-electron chi connectivity index (χ3n) is 5.24. The van der Waals surface area contributed by atoms with Gasteiger partial charge in [0, 0.05) is 43.3 Å². The Morgan fingerprint density at radius 3 is 2.00 bits per heavy atom. The summed E-state index contributed by atoms with van der Waals surface area (Å²) >= 11 is 24.2.